The molecule has 0 fully saturated rings. The summed E-state index contributed by atoms with van der Waals surface area (Å²) in [7, 11) is 0. The predicted molar refractivity (Wildman–Crippen MR) is 192 cm³/mol. The third-order valence-corrected chi connectivity index (χ3v) is 8.80. The smallest absolute Gasteiger partial charge is 0.306 e. The van der Waals surface area contributed by atoms with Crippen LogP contribution in [0.5, 0.6) is 0 Å². The SMILES string of the molecule is CCCCCCCCCCCCCCCCCC(=O)OC(C/C=C\CCCCCCCCOC(=O)CCC(=O)O)CCCCCC. The largest absolute Gasteiger partial charge is 0.481 e. The fourth-order valence-corrected chi connectivity index (χ4v) is 5.81. The number of unbranched alkanes of at least 4 members (excludes halogenated alkanes) is 23. The summed E-state index contributed by atoms with van der Waals surface area (Å²) in [6, 6.07) is 0. The Bertz CT molecular complexity index is 719. The van der Waals surface area contributed by atoms with Crippen LogP contribution >= 0.6 is 0 Å². The molecule has 1 unspecified atom stereocenters. The van der Waals surface area contributed by atoms with Crippen LogP contribution in [0.2, 0.25) is 0 Å². The summed E-state index contributed by atoms with van der Waals surface area (Å²) in [6.45, 7) is 4.88. The first-order valence-electron chi connectivity index (χ1n) is 19.7. The first kappa shape index (κ1) is 44.1. The first-order chi connectivity index (χ1) is 22.5. The number of carboxylic acid groups (broad SMARTS) is 1. The second-order valence-corrected chi connectivity index (χ2v) is 13.4. The van der Waals surface area contributed by atoms with E-state index in [1.54, 1.807) is 0 Å². The van der Waals surface area contributed by atoms with Gasteiger partial charge in [0.25, 0.3) is 0 Å². The van der Waals surface area contributed by atoms with E-state index in [1.165, 1.54) is 109 Å². The van der Waals surface area contributed by atoms with Crippen LogP contribution in [0.15, 0.2) is 12.2 Å². The van der Waals surface area contributed by atoms with Crippen molar-refractivity contribution in [2.75, 3.05) is 6.61 Å². The quantitative estimate of drug-likeness (QED) is 0.0412. The minimum atomic E-state index is -0.974. The molecule has 0 radical (unpaired) electrons. The zero-order valence-electron chi connectivity index (χ0n) is 30.3. The van der Waals surface area contributed by atoms with Gasteiger partial charge in [0, 0.05) is 12.8 Å². The van der Waals surface area contributed by atoms with Crippen molar-refractivity contribution in [1.29, 1.82) is 0 Å². The Labute approximate surface area is 284 Å². The maximum absolute atomic E-state index is 12.6. The van der Waals surface area contributed by atoms with Gasteiger partial charge < -0.3 is 14.6 Å². The number of carbonyl (C=O) groups is 3. The highest BCUT2D eigenvalue weighted by atomic mass is 16.5. The lowest BCUT2D eigenvalue weighted by molar-refractivity contribution is -0.149. The van der Waals surface area contributed by atoms with Crippen LogP contribution in [0, 0.1) is 0 Å². The van der Waals surface area contributed by atoms with Crippen LogP contribution in [0.3, 0.4) is 0 Å². The number of esters is 2. The number of aliphatic carboxylic acids is 1. The van der Waals surface area contributed by atoms with Crippen molar-refractivity contribution in [3.8, 4) is 0 Å². The molecule has 0 amide bonds. The van der Waals surface area contributed by atoms with E-state index in [2.05, 4.69) is 26.0 Å². The lowest BCUT2D eigenvalue weighted by Crippen LogP contribution is -2.17. The van der Waals surface area contributed by atoms with Crippen molar-refractivity contribution < 1.29 is 29.0 Å². The monoisotopic (exact) mass is 651 g/mol. The van der Waals surface area contributed by atoms with Gasteiger partial charge in [-0.2, -0.15) is 0 Å². The average Bonchev–Trinajstić information content (AvgIpc) is 3.04. The van der Waals surface area contributed by atoms with Gasteiger partial charge in [0.05, 0.1) is 19.4 Å². The summed E-state index contributed by atoms with van der Waals surface area (Å²) < 4.78 is 11.0. The van der Waals surface area contributed by atoms with Crippen LogP contribution in [-0.2, 0) is 23.9 Å². The Hall–Kier alpha value is -1.85. The predicted octanol–water partition coefficient (Wildman–Crippen LogP) is 12.2. The Balaban J connectivity index is 3.87. The highest BCUT2D eigenvalue weighted by Gasteiger charge is 2.13. The maximum atomic E-state index is 12.6. The summed E-state index contributed by atoms with van der Waals surface area (Å²) in [4.78, 5) is 34.4. The zero-order chi connectivity index (χ0) is 33.8. The molecular formula is C40H74O6. The Morgan fingerprint density at radius 3 is 1.54 bits per heavy atom. The standard InChI is InChI=1S/C40H74O6/c1-3-5-7-9-10-11-12-13-14-15-16-19-22-25-29-33-40(44)46-37(31-27-8-6-4-2)32-28-24-21-18-17-20-23-26-30-36-45-39(43)35-34-38(41)42/h24,28,37H,3-23,25-27,29-36H2,1-2H3,(H,41,42)/b28-24-. The Kier molecular flexibility index (Phi) is 34.5. The normalized spacial score (nSPS) is 12.0. The number of hydrogen-bond acceptors (Lipinski definition) is 5. The first-order valence-corrected chi connectivity index (χ1v) is 19.7. The maximum Gasteiger partial charge on any atom is 0.306 e. The van der Waals surface area contributed by atoms with E-state index in [4.69, 9.17) is 14.6 Å². The van der Waals surface area contributed by atoms with Gasteiger partial charge in [-0.3, -0.25) is 14.4 Å². The second kappa shape index (κ2) is 36.0. The number of carboxylic acids is 1. The van der Waals surface area contributed by atoms with Crippen molar-refractivity contribution in [2.24, 2.45) is 0 Å². The molecule has 0 saturated carbocycles. The molecule has 0 spiro atoms. The van der Waals surface area contributed by atoms with Crippen molar-refractivity contribution in [3.05, 3.63) is 12.2 Å². The third kappa shape index (κ3) is 35.0. The molecule has 6 nitrogen and oxygen atoms in total. The molecule has 6 heteroatoms. The van der Waals surface area contributed by atoms with Gasteiger partial charge in [0.1, 0.15) is 6.10 Å². The number of carbonyl (C=O) groups excluding carboxylic acids is 2. The van der Waals surface area contributed by atoms with Gasteiger partial charge in [-0.25, -0.2) is 0 Å². The number of rotatable bonds is 36. The molecule has 1 atom stereocenters. The molecule has 0 heterocycles. The zero-order valence-corrected chi connectivity index (χ0v) is 30.3. The summed E-state index contributed by atoms with van der Waals surface area (Å²) in [5.41, 5.74) is 0. The van der Waals surface area contributed by atoms with Crippen molar-refractivity contribution in [2.45, 2.75) is 219 Å². The molecule has 0 aromatic carbocycles. The minimum Gasteiger partial charge on any atom is -0.481 e. The van der Waals surface area contributed by atoms with Crippen LogP contribution in [0.4, 0.5) is 0 Å². The van der Waals surface area contributed by atoms with Gasteiger partial charge in [-0.15, -0.1) is 0 Å². The van der Waals surface area contributed by atoms with E-state index in [-0.39, 0.29) is 24.9 Å². The van der Waals surface area contributed by atoms with Crippen molar-refractivity contribution in [1.82, 2.24) is 0 Å². The lowest BCUT2D eigenvalue weighted by Gasteiger charge is -2.16. The van der Waals surface area contributed by atoms with E-state index in [9.17, 15) is 14.4 Å². The molecule has 0 rings (SSSR count). The molecule has 270 valence electrons. The molecule has 0 aliphatic carbocycles. The fraction of sp³-hybridized carbons (Fsp3) is 0.875. The summed E-state index contributed by atoms with van der Waals surface area (Å²) >= 11 is 0. The lowest BCUT2D eigenvalue weighted by atomic mass is 10.0. The topological polar surface area (TPSA) is 89.9 Å². The Morgan fingerprint density at radius 1 is 0.522 bits per heavy atom. The van der Waals surface area contributed by atoms with E-state index in [0.29, 0.717) is 13.0 Å². The van der Waals surface area contributed by atoms with Gasteiger partial charge in [-0.1, -0.05) is 161 Å². The van der Waals surface area contributed by atoms with Crippen LogP contribution in [0.1, 0.15) is 213 Å². The van der Waals surface area contributed by atoms with E-state index >= 15 is 0 Å². The highest BCUT2D eigenvalue weighted by molar-refractivity contribution is 5.76. The molecule has 0 aliphatic heterocycles. The van der Waals surface area contributed by atoms with Gasteiger partial charge >= 0.3 is 17.9 Å². The summed E-state index contributed by atoms with van der Waals surface area (Å²) in [5.74, 6) is -1.41. The molecule has 1 N–H and O–H groups in total. The Morgan fingerprint density at radius 2 is 1.00 bits per heavy atom. The van der Waals surface area contributed by atoms with Gasteiger partial charge in [0.2, 0.25) is 0 Å². The van der Waals surface area contributed by atoms with E-state index < -0.39 is 11.9 Å². The molecule has 46 heavy (non-hydrogen) atoms. The number of allylic oxidation sites excluding steroid dienone is 1. The van der Waals surface area contributed by atoms with Crippen LogP contribution in [-0.4, -0.2) is 35.7 Å². The van der Waals surface area contributed by atoms with Crippen LogP contribution in [0.25, 0.3) is 0 Å². The molecule has 0 aliphatic rings. The van der Waals surface area contributed by atoms with Gasteiger partial charge in [-0.05, 0) is 38.5 Å². The minimum absolute atomic E-state index is 0.00942. The number of ether oxygens (including phenoxy) is 2. The third-order valence-electron chi connectivity index (χ3n) is 8.80. The highest BCUT2D eigenvalue weighted by Crippen LogP contribution is 2.17. The summed E-state index contributed by atoms with van der Waals surface area (Å²) in [5, 5.41) is 8.59. The van der Waals surface area contributed by atoms with Crippen LogP contribution < -0.4 is 0 Å². The fourth-order valence-electron chi connectivity index (χ4n) is 5.81. The van der Waals surface area contributed by atoms with Crippen molar-refractivity contribution >= 4 is 17.9 Å². The number of hydrogen-bond donors (Lipinski definition) is 1. The molecule has 0 bridgehead atoms. The van der Waals surface area contributed by atoms with Gasteiger partial charge in [0.15, 0.2) is 0 Å². The average molecular weight is 651 g/mol. The second-order valence-electron chi connectivity index (χ2n) is 13.4. The molecule has 0 saturated heterocycles. The van der Waals surface area contributed by atoms with Crippen molar-refractivity contribution in [3.63, 3.8) is 0 Å². The molecule has 0 aromatic heterocycles. The van der Waals surface area contributed by atoms with E-state index in [1.807, 2.05) is 0 Å². The van der Waals surface area contributed by atoms with E-state index in [0.717, 1.165) is 70.6 Å². The molecule has 0 aromatic rings. The molecular weight excluding hydrogens is 576 g/mol. The summed E-state index contributed by atoms with van der Waals surface area (Å²) in [6.07, 6.45) is 38.8.